The molecule has 0 aliphatic carbocycles. The monoisotopic (exact) mass is 342 g/mol. The standard InChI is InChI=1S/C19H19BrO/c20-11-5-6-12-21-14-16-13-15-7-1-2-8-17(15)19-10-4-3-9-18(16)19/h1-4,7-10,13H,5-6,11-12,14H2. The van der Waals surface area contributed by atoms with Crippen molar-refractivity contribution < 1.29 is 4.74 Å². The van der Waals surface area contributed by atoms with Gasteiger partial charge in [-0.25, -0.2) is 0 Å². The van der Waals surface area contributed by atoms with E-state index in [1.165, 1.54) is 33.5 Å². The minimum absolute atomic E-state index is 0.688. The first-order chi connectivity index (χ1) is 10.4. The van der Waals surface area contributed by atoms with Crippen LogP contribution in [0.15, 0.2) is 54.6 Å². The molecule has 0 aromatic heterocycles. The second-order valence-electron chi connectivity index (χ2n) is 5.25. The van der Waals surface area contributed by atoms with Crippen LogP contribution in [-0.2, 0) is 11.3 Å². The minimum Gasteiger partial charge on any atom is -0.377 e. The van der Waals surface area contributed by atoms with Crippen LogP contribution >= 0.6 is 15.9 Å². The van der Waals surface area contributed by atoms with Gasteiger partial charge in [0.2, 0.25) is 0 Å². The molecule has 0 unspecified atom stereocenters. The molecule has 0 aliphatic heterocycles. The summed E-state index contributed by atoms with van der Waals surface area (Å²) in [7, 11) is 0. The number of hydrogen-bond acceptors (Lipinski definition) is 1. The third kappa shape index (κ3) is 3.28. The van der Waals surface area contributed by atoms with Crippen molar-refractivity contribution in [1.82, 2.24) is 0 Å². The first-order valence-electron chi connectivity index (χ1n) is 7.43. The fraction of sp³-hybridized carbons (Fsp3) is 0.263. The van der Waals surface area contributed by atoms with Gasteiger partial charge < -0.3 is 4.74 Å². The van der Waals surface area contributed by atoms with Crippen molar-refractivity contribution >= 4 is 37.5 Å². The van der Waals surface area contributed by atoms with Gasteiger partial charge in [0.05, 0.1) is 6.61 Å². The first-order valence-corrected chi connectivity index (χ1v) is 8.55. The van der Waals surface area contributed by atoms with Gasteiger partial charge in [0.25, 0.3) is 0 Å². The molecule has 0 spiro atoms. The number of fused-ring (bicyclic) bond motifs is 3. The highest BCUT2D eigenvalue weighted by atomic mass is 79.9. The lowest BCUT2D eigenvalue weighted by Crippen LogP contribution is -1.97. The molecule has 0 saturated heterocycles. The average Bonchev–Trinajstić information content (AvgIpc) is 2.54. The van der Waals surface area contributed by atoms with E-state index < -0.39 is 0 Å². The summed E-state index contributed by atoms with van der Waals surface area (Å²) in [5.74, 6) is 0. The highest BCUT2D eigenvalue weighted by Crippen LogP contribution is 2.29. The van der Waals surface area contributed by atoms with Gasteiger partial charge in [-0.15, -0.1) is 0 Å². The number of halogens is 1. The Morgan fingerprint density at radius 2 is 1.52 bits per heavy atom. The average molecular weight is 343 g/mol. The van der Waals surface area contributed by atoms with Crippen LogP contribution in [0, 0.1) is 0 Å². The van der Waals surface area contributed by atoms with Crippen LogP contribution in [0.25, 0.3) is 21.5 Å². The van der Waals surface area contributed by atoms with Gasteiger partial charge in [0.15, 0.2) is 0 Å². The maximum atomic E-state index is 5.86. The summed E-state index contributed by atoms with van der Waals surface area (Å²) < 4.78 is 5.86. The summed E-state index contributed by atoms with van der Waals surface area (Å²) in [4.78, 5) is 0. The fourth-order valence-electron chi connectivity index (χ4n) is 2.73. The van der Waals surface area contributed by atoms with Crippen molar-refractivity contribution in [2.24, 2.45) is 0 Å². The molecule has 2 heteroatoms. The Kier molecular flexibility index (Phi) is 4.89. The SMILES string of the molecule is BrCCCCOCc1cc2ccccc2c2ccccc12. The number of hydrogen-bond donors (Lipinski definition) is 0. The van der Waals surface area contributed by atoms with Crippen LogP contribution in [0.5, 0.6) is 0 Å². The largest absolute Gasteiger partial charge is 0.377 e. The van der Waals surface area contributed by atoms with Crippen LogP contribution in [0.2, 0.25) is 0 Å². The Labute approximate surface area is 134 Å². The quantitative estimate of drug-likeness (QED) is 0.318. The molecule has 108 valence electrons. The van der Waals surface area contributed by atoms with Gasteiger partial charge in [-0.2, -0.15) is 0 Å². The molecule has 0 aliphatic rings. The molecule has 3 aromatic rings. The Bertz CT molecular complexity index is 736. The molecule has 3 aromatic carbocycles. The van der Waals surface area contributed by atoms with Crippen LogP contribution in [0.3, 0.4) is 0 Å². The number of unbranched alkanes of at least 4 members (excludes halogenated alkanes) is 1. The smallest absolute Gasteiger partial charge is 0.0723 e. The summed E-state index contributed by atoms with van der Waals surface area (Å²) >= 11 is 3.45. The second kappa shape index (κ2) is 7.06. The normalized spacial score (nSPS) is 11.3. The highest BCUT2D eigenvalue weighted by molar-refractivity contribution is 9.09. The summed E-state index contributed by atoms with van der Waals surface area (Å²) in [6.07, 6.45) is 2.27. The van der Waals surface area contributed by atoms with E-state index >= 15 is 0 Å². The van der Waals surface area contributed by atoms with Crippen molar-refractivity contribution in [1.29, 1.82) is 0 Å². The van der Waals surface area contributed by atoms with Gasteiger partial charge in [-0.3, -0.25) is 0 Å². The third-order valence-corrected chi connectivity index (χ3v) is 4.34. The molecule has 21 heavy (non-hydrogen) atoms. The number of alkyl halides is 1. The van der Waals surface area contributed by atoms with Crippen LogP contribution in [0.4, 0.5) is 0 Å². The van der Waals surface area contributed by atoms with Crippen LogP contribution in [0.1, 0.15) is 18.4 Å². The van der Waals surface area contributed by atoms with E-state index in [-0.39, 0.29) is 0 Å². The van der Waals surface area contributed by atoms with Gasteiger partial charge >= 0.3 is 0 Å². The zero-order valence-electron chi connectivity index (χ0n) is 12.0. The van der Waals surface area contributed by atoms with Gasteiger partial charge in [-0.05, 0) is 46.0 Å². The fourth-order valence-corrected chi connectivity index (χ4v) is 3.13. The summed E-state index contributed by atoms with van der Waals surface area (Å²) in [6, 6.07) is 19.4. The van der Waals surface area contributed by atoms with Gasteiger partial charge in [-0.1, -0.05) is 64.5 Å². The molecule has 0 atom stereocenters. The molecule has 3 rings (SSSR count). The lowest BCUT2D eigenvalue weighted by molar-refractivity contribution is 0.119. The van der Waals surface area contributed by atoms with Gasteiger partial charge in [0, 0.05) is 11.9 Å². The maximum absolute atomic E-state index is 5.86. The Hall–Kier alpha value is -1.38. The Morgan fingerprint density at radius 3 is 2.33 bits per heavy atom. The first kappa shape index (κ1) is 14.6. The number of benzene rings is 3. The second-order valence-corrected chi connectivity index (χ2v) is 6.04. The molecular formula is C19H19BrO. The minimum atomic E-state index is 0.688. The van der Waals surface area contributed by atoms with E-state index in [2.05, 4.69) is 70.5 Å². The van der Waals surface area contributed by atoms with Crippen molar-refractivity contribution in [2.75, 3.05) is 11.9 Å². The van der Waals surface area contributed by atoms with E-state index in [4.69, 9.17) is 4.74 Å². The van der Waals surface area contributed by atoms with E-state index in [1.54, 1.807) is 0 Å². The molecule has 0 bridgehead atoms. The Morgan fingerprint density at radius 1 is 0.810 bits per heavy atom. The van der Waals surface area contributed by atoms with Crippen molar-refractivity contribution in [3.63, 3.8) is 0 Å². The summed E-state index contributed by atoms with van der Waals surface area (Å²) in [6.45, 7) is 1.51. The van der Waals surface area contributed by atoms with E-state index in [1.807, 2.05) is 0 Å². The topological polar surface area (TPSA) is 9.23 Å². The molecule has 0 fully saturated rings. The van der Waals surface area contributed by atoms with Crippen molar-refractivity contribution in [3.05, 3.63) is 60.2 Å². The summed E-state index contributed by atoms with van der Waals surface area (Å²) in [5.41, 5.74) is 1.28. The molecule has 0 heterocycles. The third-order valence-electron chi connectivity index (χ3n) is 3.78. The molecule has 0 N–H and O–H groups in total. The van der Waals surface area contributed by atoms with Crippen LogP contribution in [-0.4, -0.2) is 11.9 Å². The highest BCUT2D eigenvalue weighted by Gasteiger charge is 2.06. The molecule has 0 radical (unpaired) electrons. The predicted octanol–water partition coefficient (Wildman–Crippen LogP) is 5.68. The maximum Gasteiger partial charge on any atom is 0.0723 e. The van der Waals surface area contributed by atoms with Crippen molar-refractivity contribution in [3.8, 4) is 0 Å². The van der Waals surface area contributed by atoms with E-state index in [9.17, 15) is 0 Å². The lowest BCUT2D eigenvalue weighted by atomic mass is 9.98. The van der Waals surface area contributed by atoms with E-state index in [0.717, 1.165) is 18.4 Å². The molecule has 1 nitrogen and oxygen atoms in total. The number of ether oxygens (including phenoxy) is 1. The zero-order valence-corrected chi connectivity index (χ0v) is 13.6. The zero-order chi connectivity index (χ0) is 14.5. The lowest BCUT2D eigenvalue weighted by Gasteiger charge is -2.11. The molecular weight excluding hydrogens is 324 g/mol. The predicted molar refractivity (Wildman–Crippen MR) is 94.1 cm³/mol. The molecule has 0 saturated carbocycles. The molecule has 0 amide bonds. The Balaban J connectivity index is 1.92. The van der Waals surface area contributed by atoms with Crippen molar-refractivity contribution in [2.45, 2.75) is 19.4 Å². The van der Waals surface area contributed by atoms with Crippen LogP contribution < -0.4 is 0 Å². The van der Waals surface area contributed by atoms with Gasteiger partial charge in [0.1, 0.15) is 0 Å². The van der Waals surface area contributed by atoms with E-state index in [0.29, 0.717) is 6.61 Å². The summed E-state index contributed by atoms with van der Waals surface area (Å²) in [5, 5.41) is 6.27. The number of rotatable bonds is 6.